The second-order valence-electron chi connectivity index (χ2n) is 6.26. The minimum atomic E-state index is -0.345. The van der Waals surface area contributed by atoms with Crippen molar-refractivity contribution < 1.29 is 25.2 Å². The zero-order chi connectivity index (χ0) is 19.8. The molecule has 3 aromatic carbocycles. The Bertz CT molecular complexity index is 917. The van der Waals surface area contributed by atoms with Crippen molar-refractivity contribution in [2.75, 3.05) is 19.1 Å². The van der Waals surface area contributed by atoms with E-state index in [1.807, 2.05) is 18.2 Å². The van der Waals surface area contributed by atoms with E-state index in [2.05, 4.69) is 64.1 Å². The first-order chi connectivity index (χ1) is 13.7. The third kappa shape index (κ3) is 5.22. The van der Waals surface area contributed by atoms with Crippen LogP contribution in [0.5, 0.6) is 11.5 Å². The van der Waals surface area contributed by atoms with Crippen molar-refractivity contribution in [1.29, 1.82) is 0 Å². The topological polar surface area (TPSA) is 21.7 Å². The molecule has 0 saturated carbocycles. The van der Waals surface area contributed by atoms with Gasteiger partial charge < -0.3 is 0 Å². The van der Waals surface area contributed by atoms with Gasteiger partial charge in [-0.1, -0.05) is 0 Å². The van der Waals surface area contributed by atoms with E-state index in [9.17, 15) is 0 Å². The summed E-state index contributed by atoms with van der Waals surface area (Å²) in [7, 11) is 9.43. The summed E-state index contributed by atoms with van der Waals surface area (Å²) in [5.74, 6) is 1.45. The Kier molecular flexibility index (Phi) is 7.65. The quantitative estimate of drug-likeness (QED) is 0.408. The van der Waals surface area contributed by atoms with Crippen molar-refractivity contribution in [3.63, 3.8) is 0 Å². The molecular formula is C23H23ClNO2Ru. The second kappa shape index (κ2) is 10.4. The van der Waals surface area contributed by atoms with Crippen LogP contribution in [-0.2, 0) is 28.8 Å². The van der Waals surface area contributed by atoms with Gasteiger partial charge in [0.1, 0.15) is 0 Å². The van der Waals surface area contributed by atoms with Gasteiger partial charge >= 0.3 is 178 Å². The number of para-hydroxylation sites is 1. The number of hydrogen-bond donors (Lipinski definition) is 0. The van der Waals surface area contributed by atoms with E-state index in [-0.39, 0.29) is 15.7 Å². The predicted molar refractivity (Wildman–Crippen MR) is 113 cm³/mol. The van der Waals surface area contributed by atoms with Gasteiger partial charge in [0.2, 0.25) is 0 Å². The maximum atomic E-state index is 6.11. The van der Waals surface area contributed by atoms with Gasteiger partial charge in [0.15, 0.2) is 0 Å². The van der Waals surface area contributed by atoms with Crippen molar-refractivity contribution in [2.24, 2.45) is 0 Å². The molecule has 0 aliphatic rings. The fourth-order valence-corrected chi connectivity index (χ4v) is 4.26. The van der Waals surface area contributed by atoms with Crippen LogP contribution in [0, 0.1) is 0 Å². The number of halogens is 1. The third-order valence-electron chi connectivity index (χ3n) is 4.49. The van der Waals surface area contributed by atoms with Gasteiger partial charge in [-0.15, -0.1) is 0 Å². The number of hydrogen-bond acceptors (Lipinski definition) is 3. The molecule has 0 saturated heterocycles. The van der Waals surface area contributed by atoms with Crippen LogP contribution < -0.4 is 14.4 Å². The summed E-state index contributed by atoms with van der Waals surface area (Å²) in [4.78, 5) is 2.36. The van der Waals surface area contributed by atoms with Gasteiger partial charge in [-0.25, -0.2) is 0 Å². The molecule has 0 bridgehead atoms. The molecule has 0 aromatic heterocycles. The van der Waals surface area contributed by atoms with E-state index in [1.165, 1.54) is 11.3 Å². The standard InChI is InChI=1S/C23H23NO2.ClH.Ru/c1-18-14-22(25-2)23(26-3)15-20(18)17-24(21-12-8-5-9-13-21)16-19-10-6-4-7-11-19;;/h1,4-15H,16-17H2,2-3H3;1H;/q;;+1/p-1. The Morgan fingerprint density at radius 2 is 1.46 bits per heavy atom. The van der Waals surface area contributed by atoms with Gasteiger partial charge in [-0.05, 0) is 0 Å². The molecule has 0 spiro atoms. The number of anilines is 1. The van der Waals surface area contributed by atoms with Crippen molar-refractivity contribution in [3.8, 4) is 11.5 Å². The Hall–Kier alpha value is -2.16. The minimum absolute atomic E-state index is 0.345. The van der Waals surface area contributed by atoms with Gasteiger partial charge in [0, 0.05) is 0 Å². The molecule has 3 nitrogen and oxygen atoms in total. The normalized spacial score (nSPS) is 11.1. The van der Waals surface area contributed by atoms with Crippen LogP contribution in [0.3, 0.4) is 0 Å². The first kappa shape index (κ1) is 20.6. The molecule has 0 heterocycles. The van der Waals surface area contributed by atoms with Crippen molar-refractivity contribution in [3.05, 3.63) is 89.5 Å². The van der Waals surface area contributed by atoms with E-state index in [1.54, 1.807) is 14.2 Å². The molecule has 3 aromatic rings. The first-order valence-corrected chi connectivity index (χ1v) is 12.1. The van der Waals surface area contributed by atoms with Crippen LogP contribution in [0.1, 0.15) is 16.7 Å². The van der Waals surface area contributed by atoms with Crippen molar-refractivity contribution >= 4 is 20.0 Å². The molecule has 0 amide bonds. The Labute approximate surface area is 178 Å². The zero-order valence-corrected chi connectivity index (χ0v) is 18.4. The molecule has 5 heteroatoms. The number of benzene rings is 3. The molecule has 0 unspecified atom stereocenters. The van der Waals surface area contributed by atoms with Crippen LogP contribution in [0.2, 0.25) is 0 Å². The van der Waals surface area contributed by atoms with Crippen LogP contribution >= 0.6 is 9.69 Å². The van der Waals surface area contributed by atoms with E-state index in [4.69, 9.17) is 19.2 Å². The molecule has 0 atom stereocenters. The maximum absolute atomic E-state index is 6.11. The average molecular weight is 482 g/mol. The molecule has 0 aliphatic heterocycles. The van der Waals surface area contributed by atoms with E-state index < -0.39 is 0 Å². The molecule has 147 valence electrons. The Balaban J connectivity index is 2.00. The van der Waals surface area contributed by atoms with Crippen LogP contribution in [0.25, 0.3) is 0 Å². The van der Waals surface area contributed by atoms with Crippen LogP contribution in [0.15, 0.2) is 72.8 Å². The van der Waals surface area contributed by atoms with E-state index in [0.717, 1.165) is 35.7 Å². The predicted octanol–water partition coefficient (Wildman–Crippen LogP) is 5.30. The van der Waals surface area contributed by atoms with Crippen LogP contribution in [0.4, 0.5) is 5.69 Å². The number of methoxy groups -OCH3 is 2. The Morgan fingerprint density at radius 1 is 0.857 bits per heavy atom. The summed E-state index contributed by atoms with van der Waals surface area (Å²) in [5.41, 5.74) is 4.69. The van der Waals surface area contributed by atoms with Gasteiger partial charge in [0.25, 0.3) is 0 Å². The SMILES string of the molecule is COc1cc([CH]=[Ru][Cl])c(CN(Cc2ccccc2)c2ccccc2)cc1OC. The zero-order valence-electron chi connectivity index (χ0n) is 15.9. The summed E-state index contributed by atoms with van der Waals surface area (Å²) in [6.45, 7) is 1.55. The monoisotopic (exact) mass is 482 g/mol. The summed E-state index contributed by atoms with van der Waals surface area (Å²) in [6, 6.07) is 25.0. The van der Waals surface area contributed by atoms with Gasteiger partial charge in [-0.2, -0.15) is 0 Å². The molecule has 0 aliphatic carbocycles. The third-order valence-corrected chi connectivity index (χ3v) is 5.68. The summed E-state index contributed by atoms with van der Waals surface area (Å²) < 4.78 is 13.1. The summed E-state index contributed by atoms with van der Waals surface area (Å²) in [6.07, 6.45) is 0. The fraction of sp³-hybridized carbons (Fsp3) is 0.174. The summed E-state index contributed by atoms with van der Waals surface area (Å²) in [5, 5.41) is 0. The molecule has 0 radical (unpaired) electrons. The molecular weight excluding hydrogens is 459 g/mol. The Morgan fingerprint density at radius 3 is 2.07 bits per heavy atom. The molecule has 28 heavy (non-hydrogen) atoms. The van der Waals surface area contributed by atoms with Crippen LogP contribution in [-0.4, -0.2) is 18.8 Å². The number of rotatable bonds is 8. The van der Waals surface area contributed by atoms with Gasteiger partial charge in [-0.3, -0.25) is 0 Å². The summed E-state index contributed by atoms with van der Waals surface area (Å²) >= 11 is -0.345. The van der Waals surface area contributed by atoms with E-state index in [0.29, 0.717) is 0 Å². The average Bonchev–Trinajstić information content (AvgIpc) is 2.75. The fourth-order valence-electron chi connectivity index (χ4n) is 3.10. The number of nitrogens with zero attached hydrogens (tertiary/aromatic N) is 1. The number of ether oxygens (including phenoxy) is 2. The second-order valence-corrected chi connectivity index (χ2v) is 8.06. The van der Waals surface area contributed by atoms with Crippen molar-refractivity contribution in [1.82, 2.24) is 0 Å². The van der Waals surface area contributed by atoms with Gasteiger partial charge in [0.05, 0.1) is 0 Å². The van der Waals surface area contributed by atoms with Crippen molar-refractivity contribution in [2.45, 2.75) is 13.1 Å². The molecule has 0 N–H and O–H groups in total. The van der Waals surface area contributed by atoms with E-state index >= 15 is 0 Å². The molecule has 3 rings (SSSR count). The first-order valence-electron chi connectivity index (χ1n) is 8.89. The molecule has 0 fully saturated rings.